The average molecular weight is 452 g/mol. The predicted molar refractivity (Wildman–Crippen MR) is 123 cm³/mol. The van der Waals surface area contributed by atoms with Crippen molar-refractivity contribution in [2.75, 3.05) is 13.1 Å². The average Bonchev–Trinajstić information content (AvgIpc) is 3.41. The molecule has 3 heterocycles. The number of nitrogens with one attached hydrogen (secondary N) is 1. The van der Waals surface area contributed by atoms with Gasteiger partial charge in [0.1, 0.15) is 5.60 Å². The number of carbonyl (C=O) groups is 2. The van der Waals surface area contributed by atoms with E-state index in [0.717, 1.165) is 24.3 Å². The first-order valence-corrected chi connectivity index (χ1v) is 11.1. The zero-order valence-electron chi connectivity index (χ0n) is 19.2. The number of aromatic carboxylic acids is 1. The summed E-state index contributed by atoms with van der Waals surface area (Å²) in [7, 11) is 0. The van der Waals surface area contributed by atoms with Crippen molar-refractivity contribution in [2.24, 2.45) is 0 Å². The summed E-state index contributed by atoms with van der Waals surface area (Å²) in [5, 5.41) is 17.2. The molecule has 0 spiro atoms. The van der Waals surface area contributed by atoms with Crippen LogP contribution in [0.5, 0.6) is 0 Å². The topological polar surface area (TPSA) is 109 Å². The molecule has 0 atom stereocenters. The van der Waals surface area contributed by atoms with Gasteiger partial charge in [-0.3, -0.25) is 4.90 Å². The Bertz CT molecular complexity index is 1180. The maximum Gasteiger partial charge on any atom is 0.407 e. The van der Waals surface area contributed by atoms with E-state index in [2.05, 4.69) is 20.3 Å². The van der Waals surface area contributed by atoms with Crippen LogP contribution in [-0.2, 0) is 17.8 Å². The first-order chi connectivity index (χ1) is 15.7. The molecule has 4 rings (SSSR count). The molecule has 2 N–H and O–H groups in total. The summed E-state index contributed by atoms with van der Waals surface area (Å²) in [6, 6.07) is 11.0. The molecule has 1 amide bonds. The zero-order chi connectivity index (χ0) is 23.6. The minimum Gasteiger partial charge on any atom is -0.476 e. The van der Waals surface area contributed by atoms with Crippen LogP contribution in [-0.4, -0.2) is 55.4 Å². The fourth-order valence-electron chi connectivity index (χ4n) is 3.93. The number of alkyl carbamates (subject to hydrolysis) is 1. The Morgan fingerprint density at radius 1 is 1.15 bits per heavy atom. The maximum absolute atomic E-state index is 12.0. The Hall–Kier alpha value is -3.46. The molecule has 3 aromatic rings. The highest BCUT2D eigenvalue weighted by molar-refractivity contribution is 5.93. The van der Waals surface area contributed by atoms with Crippen LogP contribution in [0.15, 0.2) is 36.4 Å². The number of carboxylic acids is 1. The minimum absolute atomic E-state index is 0.0371. The second-order valence-electron chi connectivity index (χ2n) is 9.25. The van der Waals surface area contributed by atoms with Gasteiger partial charge in [0.15, 0.2) is 11.5 Å². The Morgan fingerprint density at radius 2 is 1.91 bits per heavy atom. The third-order valence-corrected chi connectivity index (χ3v) is 5.40. The molecule has 33 heavy (non-hydrogen) atoms. The van der Waals surface area contributed by atoms with Crippen LogP contribution in [0.3, 0.4) is 0 Å². The quantitative estimate of drug-likeness (QED) is 0.588. The van der Waals surface area contributed by atoms with Crippen LogP contribution in [0.1, 0.15) is 55.4 Å². The number of nitrogens with zero attached hydrogens (tertiary/aromatic N) is 4. The normalized spacial score (nSPS) is 14.5. The zero-order valence-corrected chi connectivity index (χ0v) is 19.2. The van der Waals surface area contributed by atoms with E-state index in [9.17, 15) is 14.7 Å². The number of likely N-dealkylation sites (tertiary alicyclic amines) is 1. The highest BCUT2D eigenvalue weighted by Gasteiger charge is 2.20. The second kappa shape index (κ2) is 9.19. The minimum atomic E-state index is -1.10. The predicted octanol–water partition coefficient (Wildman–Crippen LogP) is 3.72. The van der Waals surface area contributed by atoms with Crippen LogP contribution in [0.2, 0.25) is 0 Å². The van der Waals surface area contributed by atoms with Crippen LogP contribution in [0.4, 0.5) is 4.79 Å². The van der Waals surface area contributed by atoms with Crippen LogP contribution in [0, 0.1) is 0 Å². The summed E-state index contributed by atoms with van der Waals surface area (Å²) >= 11 is 0. The summed E-state index contributed by atoms with van der Waals surface area (Å²) in [5.74, 6) is -0.782. The van der Waals surface area contributed by atoms with Gasteiger partial charge in [0, 0.05) is 18.7 Å². The lowest BCUT2D eigenvalue weighted by Gasteiger charge is -2.19. The molecule has 0 saturated carbocycles. The Labute approximate surface area is 192 Å². The number of ether oxygens (including phenoxy) is 1. The number of fused-ring (bicyclic) bond motifs is 1. The summed E-state index contributed by atoms with van der Waals surface area (Å²) in [6.45, 7) is 8.46. The van der Waals surface area contributed by atoms with Gasteiger partial charge in [-0.1, -0.05) is 18.2 Å². The Kier molecular flexibility index (Phi) is 6.33. The number of aromatic nitrogens is 3. The lowest BCUT2D eigenvalue weighted by Crippen LogP contribution is -2.32. The van der Waals surface area contributed by atoms with E-state index < -0.39 is 17.7 Å². The number of carboxylic acid groups (broad SMARTS) is 1. The fourth-order valence-corrected chi connectivity index (χ4v) is 3.93. The monoisotopic (exact) mass is 451 g/mol. The lowest BCUT2D eigenvalue weighted by molar-refractivity contribution is 0.0523. The van der Waals surface area contributed by atoms with Gasteiger partial charge in [0.25, 0.3) is 0 Å². The third kappa shape index (κ3) is 5.48. The van der Waals surface area contributed by atoms with Gasteiger partial charge in [-0.2, -0.15) is 0 Å². The second-order valence-corrected chi connectivity index (χ2v) is 9.25. The van der Waals surface area contributed by atoms with E-state index in [1.807, 2.05) is 30.3 Å². The van der Waals surface area contributed by atoms with Crippen LogP contribution >= 0.6 is 0 Å². The molecular weight excluding hydrogens is 422 g/mol. The SMILES string of the molecule is CC(C)(C)OC(=O)NCc1cccc(-c2nc(C(=O)O)c3ccc(CN4CCCC4)n3n2)c1. The molecule has 0 aliphatic carbocycles. The summed E-state index contributed by atoms with van der Waals surface area (Å²) < 4.78 is 6.97. The molecule has 9 nitrogen and oxygen atoms in total. The molecule has 1 saturated heterocycles. The van der Waals surface area contributed by atoms with Crippen molar-refractivity contribution < 1.29 is 19.4 Å². The van der Waals surface area contributed by atoms with Gasteiger partial charge in [0.2, 0.25) is 0 Å². The molecule has 1 aliphatic rings. The van der Waals surface area contributed by atoms with Gasteiger partial charge in [0.05, 0.1) is 11.2 Å². The number of benzene rings is 1. The molecule has 0 radical (unpaired) electrons. The van der Waals surface area contributed by atoms with Gasteiger partial charge in [-0.15, -0.1) is 5.10 Å². The van der Waals surface area contributed by atoms with E-state index in [-0.39, 0.29) is 12.2 Å². The molecule has 2 aromatic heterocycles. The molecular formula is C24H29N5O4. The number of carbonyl (C=O) groups excluding carboxylic acids is 1. The van der Waals surface area contributed by atoms with Gasteiger partial charge in [-0.25, -0.2) is 19.1 Å². The maximum atomic E-state index is 12.0. The summed E-state index contributed by atoms with van der Waals surface area (Å²) in [5.41, 5.74) is 2.28. The molecule has 1 aromatic carbocycles. The van der Waals surface area contributed by atoms with Gasteiger partial charge in [-0.05, 0) is 70.5 Å². The van der Waals surface area contributed by atoms with Crippen molar-refractivity contribution in [3.63, 3.8) is 0 Å². The van der Waals surface area contributed by atoms with Crippen molar-refractivity contribution in [3.8, 4) is 11.4 Å². The van der Waals surface area contributed by atoms with E-state index in [0.29, 0.717) is 23.4 Å². The molecule has 1 aliphatic heterocycles. The Balaban J connectivity index is 1.62. The van der Waals surface area contributed by atoms with E-state index in [1.165, 1.54) is 12.8 Å². The van der Waals surface area contributed by atoms with E-state index in [1.54, 1.807) is 31.4 Å². The van der Waals surface area contributed by atoms with E-state index in [4.69, 9.17) is 4.74 Å². The number of rotatable bonds is 6. The number of amides is 1. The van der Waals surface area contributed by atoms with Crippen molar-refractivity contribution in [1.29, 1.82) is 0 Å². The fraction of sp³-hybridized carbons (Fsp3) is 0.417. The van der Waals surface area contributed by atoms with Gasteiger partial charge < -0.3 is 15.2 Å². The first-order valence-electron chi connectivity index (χ1n) is 11.1. The van der Waals surface area contributed by atoms with Crippen molar-refractivity contribution in [2.45, 2.75) is 52.3 Å². The molecule has 1 fully saturated rings. The van der Waals surface area contributed by atoms with Crippen LogP contribution < -0.4 is 5.32 Å². The lowest BCUT2D eigenvalue weighted by atomic mass is 10.1. The molecule has 0 unspecified atom stereocenters. The van der Waals surface area contributed by atoms with E-state index >= 15 is 0 Å². The van der Waals surface area contributed by atoms with Crippen molar-refractivity contribution >= 4 is 17.6 Å². The summed E-state index contributed by atoms with van der Waals surface area (Å²) in [4.78, 5) is 30.6. The highest BCUT2D eigenvalue weighted by atomic mass is 16.6. The first kappa shape index (κ1) is 22.7. The summed E-state index contributed by atoms with van der Waals surface area (Å²) in [6.07, 6.45) is 1.85. The standard InChI is InChI=1S/C24H29N5O4/c1-24(2,3)33-23(32)25-14-16-7-6-8-17(13-16)21-26-20(22(30)31)19-10-9-18(29(19)27-21)15-28-11-4-5-12-28/h6-10,13H,4-5,11-12,14-15H2,1-3H3,(H,25,32)(H,30,31). The highest BCUT2D eigenvalue weighted by Crippen LogP contribution is 2.22. The number of hydrogen-bond acceptors (Lipinski definition) is 6. The molecule has 174 valence electrons. The largest absolute Gasteiger partial charge is 0.476 e. The smallest absolute Gasteiger partial charge is 0.407 e. The van der Waals surface area contributed by atoms with Crippen molar-refractivity contribution in [3.05, 3.63) is 53.3 Å². The van der Waals surface area contributed by atoms with Gasteiger partial charge >= 0.3 is 12.1 Å². The van der Waals surface area contributed by atoms with Crippen molar-refractivity contribution in [1.82, 2.24) is 24.8 Å². The number of hydrogen-bond donors (Lipinski definition) is 2. The molecule has 0 bridgehead atoms. The van der Waals surface area contributed by atoms with Crippen LogP contribution in [0.25, 0.3) is 16.9 Å². The Morgan fingerprint density at radius 3 is 2.61 bits per heavy atom. The molecule has 9 heteroatoms. The third-order valence-electron chi connectivity index (χ3n) is 5.40.